The van der Waals surface area contributed by atoms with Crippen LogP contribution < -0.4 is 5.32 Å². The smallest absolute Gasteiger partial charge is 0.267 e. The van der Waals surface area contributed by atoms with Crippen LogP contribution in [0.15, 0.2) is 60.8 Å². The summed E-state index contributed by atoms with van der Waals surface area (Å²) in [6, 6.07) is -1.06. The van der Waals surface area contributed by atoms with Crippen molar-refractivity contribution in [2.45, 2.75) is 167 Å². The third-order valence-corrected chi connectivity index (χ3v) is 8.48. The lowest BCUT2D eigenvalue weighted by Gasteiger charge is -2.21. The number of aliphatic hydroxyl groups excluding tert-OH is 1. The molecule has 0 aromatic rings. The first-order valence-electron chi connectivity index (χ1n) is 18.0. The third-order valence-electron chi connectivity index (χ3n) is 7.70. The van der Waals surface area contributed by atoms with Crippen molar-refractivity contribution in [2.75, 3.05) is 5.75 Å². The van der Waals surface area contributed by atoms with Gasteiger partial charge in [0.1, 0.15) is 0 Å². The number of hydrogen-bond acceptors (Lipinski definition) is 4. The number of amides is 1. The molecule has 3 N–H and O–H groups in total. The molecule has 0 aliphatic rings. The van der Waals surface area contributed by atoms with E-state index in [1.54, 1.807) is 0 Å². The normalized spacial score (nSPS) is 14.1. The van der Waals surface area contributed by atoms with Crippen LogP contribution >= 0.6 is 0 Å². The summed E-state index contributed by atoms with van der Waals surface area (Å²) in [4.78, 5) is 12.4. The van der Waals surface area contributed by atoms with Gasteiger partial charge in [-0.15, -0.1) is 0 Å². The van der Waals surface area contributed by atoms with E-state index < -0.39 is 28.0 Å². The molecular formula is C38H67NO5S. The highest BCUT2D eigenvalue weighted by Gasteiger charge is 2.24. The fourth-order valence-electron chi connectivity index (χ4n) is 5.03. The van der Waals surface area contributed by atoms with Crippen LogP contribution in [0, 0.1) is 0 Å². The highest BCUT2D eigenvalue weighted by molar-refractivity contribution is 7.85. The first-order chi connectivity index (χ1) is 21.8. The van der Waals surface area contributed by atoms with Crippen molar-refractivity contribution in [1.29, 1.82) is 0 Å². The van der Waals surface area contributed by atoms with Crippen molar-refractivity contribution < 1.29 is 22.9 Å². The predicted molar refractivity (Wildman–Crippen MR) is 193 cm³/mol. The molecule has 0 fully saturated rings. The van der Waals surface area contributed by atoms with E-state index in [-0.39, 0.29) is 12.3 Å². The second-order valence-corrected chi connectivity index (χ2v) is 13.6. The van der Waals surface area contributed by atoms with Gasteiger partial charge in [0.15, 0.2) is 0 Å². The van der Waals surface area contributed by atoms with E-state index in [1.807, 2.05) is 6.08 Å². The number of unbranched alkanes of at least 4 members (excludes halogenated alkanes) is 15. The zero-order valence-electron chi connectivity index (χ0n) is 28.7. The number of rotatable bonds is 31. The van der Waals surface area contributed by atoms with Crippen molar-refractivity contribution >= 4 is 16.0 Å². The van der Waals surface area contributed by atoms with Gasteiger partial charge >= 0.3 is 0 Å². The maximum Gasteiger partial charge on any atom is 0.267 e. The highest BCUT2D eigenvalue weighted by Crippen LogP contribution is 2.13. The van der Waals surface area contributed by atoms with Crippen LogP contribution in [-0.4, -0.2) is 41.9 Å². The molecule has 0 aromatic carbocycles. The molecule has 7 heteroatoms. The Labute approximate surface area is 277 Å². The van der Waals surface area contributed by atoms with Gasteiger partial charge in [-0.25, -0.2) is 0 Å². The monoisotopic (exact) mass is 649 g/mol. The molecule has 0 bridgehead atoms. The van der Waals surface area contributed by atoms with Gasteiger partial charge in [-0.05, 0) is 57.8 Å². The molecule has 0 rings (SSSR count). The third kappa shape index (κ3) is 33.2. The van der Waals surface area contributed by atoms with Gasteiger partial charge in [0.2, 0.25) is 5.91 Å². The largest absolute Gasteiger partial charge is 0.387 e. The first-order valence-corrected chi connectivity index (χ1v) is 19.6. The van der Waals surface area contributed by atoms with Gasteiger partial charge in [-0.3, -0.25) is 9.35 Å². The Morgan fingerprint density at radius 1 is 0.622 bits per heavy atom. The minimum Gasteiger partial charge on any atom is -0.387 e. The number of carbonyl (C=O) groups is 1. The Balaban J connectivity index is 3.84. The summed E-state index contributed by atoms with van der Waals surface area (Å²) in [7, 11) is -4.33. The maximum atomic E-state index is 12.4. The number of hydrogen-bond donors (Lipinski definition) is 3. The topological polar surface area (TPSA) is 104 Å². The van der Waals surface area contributed by atoms with Crippen molar-refractivity contribution in [1.82, 2.24) is 5.32 Å². The summed E-state index contributed by atoms with van der Waals surface area (Å²) in [5.41, 5.74) is 0. The van der Waals surface area contributed by atoms with E-state index >= 15 is 0 Å². The fourth-order valence-corrected chi connectivity index (χ4v) is 5.76. The molecule has 0 aliphatic heterocycles. The lowest BCUT2D eigenvalue weighted by atomic mass is 10.0. The minimum atomic E-state index is -4.33. The standard InChI is InChI=1S/C38H67NO5S/c1-3-5-7-9-11-12-13-14-15-16-17-18-19-20-21-22-23-24-25-26-28-30-32-34-38(41)39-36(35-45(42,43)44)37(40)33-31-29-27-10-8-6-4-2/h5,7,11-12,14-15,17-18,31,33,36-37,40H,3-4,6,8-10,13,16,19-30,32,34-35H2,1-2H3,(H,39,41)(H,42,43,44)/b7-5-,12-11-,15-14-,18-17-,33-31+. The molecule has 0 heterocycles. The summed E-state index contributed by atoms with van der Waals surface area (Å²) in [6.45, 7) is 4.32. The Bertz CT molecular complexity index is 936. The van der Waals surface area contributed by atoms with Crippen LogP contribution in [0.5, 0.6) is 0 Å². The lowest BCUT2D eigenvalue weighted by Crippen LogP contribution is -2.46. The summed E-state index contributed by atoms with van der Waals surface area (Å²) in [5.74, 6) is -0.994. The van der Waals surface area contributed by atoms with Gasteiger partial charge in [0.05, 0.1) is 17.9 Å². The quantitative estimate of drug-likeness (QED) is 0.0394. The molecule has 0 spiro atoms. The van der Waals surface area contributed by atoms with Crippen LogP contribution in [0.1, 0.15) is 155 Å². The Morgan fingerprint density at radius 3 is 1.58 bits per heavy atom. The lowest BCUT2D eigenvalue weighted by molar-refractivity contribution is -0.122. The number of aliphatic hydroxyl groups is 1. The van der Waals surface area contributed by atoms with Gasteiger partial charge in [-0.1, -0.05) is 152 Å². The highest BCUT2D eigenvalue weighted by atomic mass is 32.2. The van der Waals surface area contributed by atoms with Gasteiger partial charge in [0.25, 0.3) is 10.1 Å². The molecule has 0 aromatic heterocycles. The molecule has 0 saturated carbocycles. The first kappa shape index (κ1) is 43.0. The summed E-state index contributed by atoms with van der Waals surface area (Å²) in [5, 5.41) is 13.1. The minimum absolute atomic E-state index is 0.287. The molecule has 1 amide bonds. The summed E-state index contributed by atoms with van der Waals surface area (Å²) in [6.07, 6.45) is 43.7. The van der Waals surface area contributed by atoms with Crippen LogP contribution in [0.25, 0.3) is 0 Å². The maximum absolute atomic E-state index is 12.4. The van der Waals surface area contributed by atoms with E-state index in [0.29, 0.717) is 0 Å². The number of carbonyl (C=O) groups excluding carboxylic acids is 1. The van der Waals surface area contributed by atoms with Crippen LogP contribution in [0.4, 0.5) is 0 Å². The molecule has 260 valence electrons. The molecule has 0 radical (unpaired) electrons. The predicted octanol–water partition coefficient (Wildman–Crippen LogP) is 10.1. The molecule has 2 unspecified atom stereocenters. The van der Waals surface area contributed by atoms with Crippen molar-refractivity contribution in [3.63, 3.8) is 0 Å². The van der Waals surface area contributed by atoms with E-state index in [0.717, 1.165) is 77.0 Å². The molecular weight excluding hydrogens is 582 g/mol. The zero-order chi connectivity index (χ0) is 33.3. The Kier molecular flexibility index (Phi) is 30.6. The average Bonchev–Trinajstić information content (AvgIpc) is 3.00. The number of allylic oxidation sites excluding steroid dienone is 9. The Hall–Kier alpha value is -1.96. The molecule has 2 atom stereocenters. The molecule has 45 heavy (non-hydrogen) atoms. The molecule has 6 nitrogen and oxygen atoms in total. The summed E-state index contributed by atoms with van der Waals surface area (Å²) >= 11 is 0. The van der Waals surface area contributed by atoms with Crippen molar-refractivity contribution in [2.24, 2.45) is 0 Å². The molecule has 0 saturated heterocycles. The van der Waals surface area contributed by atoms with E-state index in [4.69, 9.17) is 0 Å². The SMILES string of the molecule is CC/C=C\C/C=C\C/C=C\C/C=C\CCCCCCCCCCCCC(=O)NC(CS(=O)(=O)O)C(O)/C=C/CCCCCCC. The molecule has 0 aliphatic carbocycles. The van der Waals surface area contributed by atoms with E-state index in [1.165, 1.54) is 63.9 Å². The van der Waals surface area contributed by atoms with Crippen LogP contribution in [-0.2, 0) is 14.9 Å². The number of nitrogens with one attached hydrogen (secondary N) is 1. The zero-order valence-corrected chi connectivity index (χ0v) is 29.5. The van der Waals surface area contributed by atoms with Gasteiger partial charge in [-0.2, -0.15) is 8.42 Å². The van der Waals surface area contributed by atoms with Crippen molar-refractivity contribution in [3.05, 3.63) is 60.8 Å². The second-order valence-electron chi connectivity index (χ2n) is 12.1. The van der Waals surface area contributed by atoms with E-state index in [2.05, 4.69) is 67.8 Å². The summed E-state index contributed by atoms with van der Waals surface area (Å²) < 4.78 is 32.2. The van der Waals surface area contributed by atoms with Gasteiger partial charge in [0, 0.05) is 6.42 Å². The van der Waals surface area contributed by atoms with E-state index in [9.17, 15) is 22.9 Å². The fraction of sp³-hybridized carbons (Fsp3) is 0.711. The van der Waals surface area contributed by atoms with Crippen molar-refractivity contribution in [3.8, 4) is 0 Å². The Morgan fingerprint density at radius 2 is 1.07 bits per heavy atom. The average molecular weight is 650 g/mol. The van der Waals surface area contributed by atoms with Crippen LogP contribution in [0.3, 0.4) is 0 Å². The van der Waals surface area contributed by atoms with Gasteiger partial charge < -0.3 is 10.4 Å². The van der Waals surface area contributed by atoms with Crippen LogP contribution in [0.2, 0.25) is 0 Å². The second kappa shape index (κ2) is 32.0.